The number of hydrogen-bond donors (Lipinski definition) is 3. The normalized spacial score (nSPS) is 44.9. The van der Waals surface area contributed by atoms with Crippen LogP contribution in [0.15, 0.2) is 23.8 Å². The van der Waals surface area contributed by atoms with Gasteiger partial charge in [-0.3, -0.25) is 9.59 Å². The Labute approximate surface area is 196 Å². The molecule has 0 aromatic heterocycles. The zero-order valence-electron chi connectivity index (χ0n) is 19.3. The van der Waals surface area contributed by atoms with Gasteiger partial charge in [-0.05, 0) is 56.9 Å². The molecule has 184 valence electrons. The molecule has 0 aromatic rings. The molecular formula is C25H30O9. The summed E-state index contributed by atoms with van der Waals surface area (Å²) in [6, 6.07) is 0. The quantitative estimate of drug-likeness (QED) is 0.493. The Bertz CT molecular complexity index is 1020. The van der Waals surface area contributed by atoms with Crippen molar-refractivity contribution in [2.24, 2.45) is 28.6 Å². The standard InChI is InChI=1S/C25H30O9/c1-22-11-17(28)21-15(16(22)7-8-24(22,32)18(29)12-26)4-3-13-9-14(27)10-25(23(13,21)2)33-19(30)5-6-20(31)34-25/h5-6,9,15-17,21,26,28,32H,3-4,7-8,10-12H2,1-2H3/t15-,16-,17-,21+,22-,23-,24-/m0/s1. The smallest absolute Gasteiger partial charge is 0.334 e. The largest absolute Gasteiger partial charge is 0.418 e. The van der Waals surface area contributed by atoms with E-state index in [1.54, 1.807) is 13.8 Å². The number of carbonyl (C=O) groups excluding carboxylic acids is 4. The van der Waals surface area contributed by atoms with Crippen LogP contribution >= 0.6 is 0 Å². The molecule has 34 heavy (non-hydrogen) atoms. The molecular weight excluding hydrogens is 444 g/mol. The molecule has 1 aliphatic heterocycles. The molecule has 3 N–H and O–H groups in total. The Balaban J connectivity index is 1.63. The number of fused-ring (bicyclic) bond motifs is 6. The third-order valence-electron chi connectivity index (χ3n) is 9.71. The van der Waals surface area contributed by atoms with Crippen LogP contribution in [0.25, 0.3) is 0 Å². The van der Waals surface area contributed by atoms with Crippen molar-refractivity contribution in [1.82, 2.24) is 0 Å². The summed E-state index contributed by atoms with van der Waals surface area (Å²) in [6.07, 6.45) is 3.89. The van der Waals surface area contributed by atoms with E-state index in [0.717, 1.165) is 12.2 Å². The van der Waals surface area contributed by atoms with E-state index < -0.39 is 58.6 Å². The van der Waals surface area contributed by atoms with E-state index >= 15 is 0 Å². The lowest BCUT2D eigenvalue weighted by Gasteiger charge is -2.63. The molecule has 3 saturated carbocycles. The molecule has 0 unspecified atom stereocenters. The zero-order valence-corrected chi connectivity index (χ0v) is 19.3. The maximum Gasteiger partial charge on any atom is 0.334 e. The fourth-order valence-corrected chi connectivity index (χ4v) is 8.17. The Morgan fingerprint density at radius 1 is 1.12 bits per heavy atom. The molecule has 9 heteroatoms. The second kappa shape index (κ2) is 7.32. The van der Waals surface area contributed by atoms with Crippen LogP contribution in [-0.2, 0) is 28.7 Å². The van der Waals surface area contributed by atoms with Crippen molar-refractivity contribution in [2.45, 2.75) is 69.9 Å². The van der Waals surface area contributed by atoms with Crippen LogP contribution in [0.2, 0.25) is 0 Å². The van der Waals surface area contributed by atoms with E-state index in [1.807, 2.05) is 0 Å². The number of hydrogen-bond acceptors (Lipinski definition) is 9. The number of ether oxygens (including phenoxy) is 2. The average Bonchev–Trinajstić information content (AvgIpc) is 2.93. The van der Waals surface area contributed by atoms with Gasteiger partial charge in [-0.15, -0.1) is 0 Å². The van der Waals surface area contributed by atoms with Crippen molar-refractivity contribution in [1.29, 1.82) is 0 Å². The van der Waals surface area contributed by atoms with Crippen LogP contribution in [0, 0.1) is 28.6 Å². The maximum atomic E-state index is 12.7. The second-order valence-electron chi connectivity index (χ2n) is 10.9. The maximum absolute atomic E-state index is 12.7. The van der Waals surface area contributed by atoms with Crippen LogP contribution in [-0.4, -0.2) is 62.9 Å². The molecule has 0 amide bonds. The molecule has 9 nitrogen and oxygen atoms in total. The Morgan fingerprint density at radius 3 is 2.38 bits per heavy atom. The monoisotopic (exact) mass is 474 g/mol. The molecule has 5 aliphatic rings. The van der Waals surface area contributed by atoms with E-state index in [4.69, 9.17) is 9.47 Å². The number of aliphatic hydroxyl groups excluding tert-OH is 2. The molecule has 4 aliphatic carbocycles. The predicted octanol–water partition coefficient (Wildman–Crippen LogP) is 0.744. The summed E-state index contributed by atoms with van der Waals surface area (Å²) in [5, 5.41) is 32.5. The minimum atomic E-state index is -1.90. The van der Waals surface area contributed by atoms with Crippen molar-refractivity contribution in [3.63, 3.8) is 0 Å². The van der Waals surface area contributed by atoms with Gasteiger partial charge >= 0.3 is 11.9 Å². The molecule has 0 bridgehead atoms. The fraction of sp³-hybridized carbons (Fsp3) is 0.680. The summed E-state index contributed by atoms with van der Waals surface area (Å²) >= 11 is 0. The first-order valence-corrected chi connectivity index (χ1v) is 11.8. The van der Waals surface area contributed by atoms with Gasteiger partial charge in [-0.2, -0.15) is 0 Å². The summed E-state index contributed by atoms with van der Waals surface area (Å²) in [5.74, 6) is -5.40. The first-order chi connectivity index (χ1) is 15.9. The summed E-state index contributed by atoms with van der Waals surface area (Å²) in [6.45, 7) is 2.79. The summed E-state index contributed by atoms with van der Waals surface area (Å²) in [4.78, 5) is 50.2. The Kier molecular flexibility index (Phi) is 5.03. The van der Waals surface area contributed by atoms with Gasteiger partial charge in [-0.25, -0.2) is 9.59 Å². The summed E-state index contributed by atoms with van der Waals surface area (Å²) in [5.41, 5.74) is -3.22. The van der Waals surface area contributed by atoms with Gasteiger partial charge in [0.25, 0.3) is 5.79 Å². The number of rotatable bonds is 2. The van der Waals surface area contributed by atoms with Gasteiger partial charge in [0.15, 0.2) is 11.6 Å². The highest BCUT2D eigenvalue weighted by Gasteiger charge is 2.73. The molecule has 7 atom stereocenters. The average molecular weight is 475 g/mol. The van der Waals surface area contributed by atoms with Gasteiger partial charge in [-0.1, -0.05) is 12.5 Å². The Morgan fingerprint density at radius 2 is 1.76 bits per heavy atom. The van der Waals surface area contributed by atoms with Crippen molar-refractivity contribution in [2.75, 3.05) is 6.61 Å². The minimum Gasteiger partial charge on any atom is -0.418 e. The van der Waals surface area contributed by atoms with E-state index in [9.17, 15) is 34.5 Å². The summed E-state index contributed by atoms with van der Waals surface area (Å²) < 4.78 is 11.4. The number of esters is 2. The molecule has 5 rings (SSSR count). The highest BCUT2D eigenvalue weighted by atomic mass is 16.7. The lowest BCUT2D eigenvalue weighted by Crippen LogP contribution is -2.68. The summed E-state index contributed by atoms with van der Waals surface area (Å²) in [7, 11) is 0. The van der Waals surface area contributed by atoms with Gasteiger partial charge in [0, 0.05) is 23.5 Å². The van der Waals surface area contributed by atoms with E-state index in [2.05, 4.69) is 0 Å². The van der Waals surface area contributed by atoms with Crippen LogP contribution in [0.3, 0.4) is 0 Å². The molecule has 3 fully saturated rings. The van der Waals surface area contributed by atoms with Gasteiger partial charge < -0.3 is 24.8 Å². The number of carbonyl (C=O) groups is 4. The van der Waals surface area contributed by atoms with Crippen molar-refractivity contribution < 1.29 is 44.0 Å². The molecule has 1 heterocycles. The molecule has 0 saturated heterocycles. The first kappa shape index (κ1) is 23.4. The third kappa shape index (κ3) is 2.77. The van der Waals surface area contributed by atoms with Crippen LogP contribution in [0.4, 0.5) is 0 Å². The van der Waals surface area contributed by atoms with Crippen LogP contribution < -0.4 is 0 Å². The van der Waals surface area contributed by atoms with E-state index in [0.29, 0.717) is 24.8 Å². The fourth-order valence-electron chi connectivity index (χ4n) is 8.17. The highest BCUT2D eigenvalue weighted by Crippen LogP contribution is 2.69. The topological polar surface area (TPSA) is 147 Å². The second-order valence-corrected chi connectivity index (χ2v) is 10.9. The first-order valence-electron chi connectivity index (χ1n) is 11.8. The van der Waals surface area contributed by atoms with Gasteiger partial charge in [0.1, 0.15) is 12.2 Å². The van der Waals surface area contributed by atoms with Crippen LogP contribution in [0.5, 0.6) is 0 Å². The predicted molar refractivity (Wildman–Crippen MR) is 115 cm³/mol. The minimum absolute atomic E-state index is 0.0775. The third-order valence-corrected chi connectivity index (χ3v) is 9.71. The number of Topliss-reactive ketones (excluding diaryl/α,β-unsaturated/α-hetero) is 1. The Hall–Kier alpha value is -2.36. The molecule has 0 aromatic carbocycles. The SMILES string of the molecule is C[C@@]12C(=CC(=O)CC13OC(=O)C=CC(=O)O3)CC[C@@H]1[C@@H]2[C@@H](O)C[C@@]2(C)[C@H]1CC[C@]2(O)C(=O)CO. The zero-order chi connectivity index (χ0) is 24.7. The highest BCUT2D eigenvalue weighted by molar-refractivity contribution is 5.97. The van der Waals surface area contributed by atoms with Crippen LogP contribution in [0.1, 0.15) is 52.4 Å². The van der Waals surface area contributed by atoms with E-state index in [1.165, 1.54) is 6.08 Å². The van der Waals surface area contributed by atoms with Gasteiger partial charge in [0.2, 0.25) is 0 Å². The van der Waals surface area contributed by atoms with Gasteiger partial charge in [0.05, 0.1) is 17.9 Å². The molecule has 1 spiro atoms. The number of ketones is 2. The van der Waals surface area contributed by atoms with Crippen molar-refractivity contribution in [3.05, 3.63) is 23.8 Å². The lowest BCUT2D eigenvalue weighted by molar-refractivity contribution is -0.291. The van der Waals surface area contributed by atoms with Crippen molar-refractivity contribution in [3.8, 4) is 0 Å². The van der Waals surface area contributed by atoms with Crippen molar-refractivity contribution >= 4 is 23.5 Å². The number of aliphatic hydroxyl groups is 3. The van der Waals surface area contributed by atoms with E-state index in [-0.39, 0.29) is 36.9 Å². The molecule has 0 radical (unpaired) electrons. The lowest BCUT2D eigenvalue weighted by atomic mass is 9.44.